The third-order valence-corrected chi connectivity index (χ3v) is 4.54. The van der Waals surface area contributed by atoms with Crippen LogP contribution >= 0.6 is 11.3 Å². The molecule has 0 bridgehead atoms. The molecule has 1 aromatic carbocycles. The van der Waals surface area contributed by atoms with Gasteiger partial charge in [0.1, 0.15) is 5.82 Å². The first-order valence-corrected chi connectivity index (χ1v) is 8.22. The number of aromatic amines is 1. The molecule has 2 aromatic heterocycles. The highest BCUT2D eigenvalue weighted by Gasteiger charge is 2.08. The Kier molecular flexibility index (Phi) is 5.83. The molecule has 0 saturated carbocycles. The van der Waals surface area contributed by atoms with Crippen molar-refractivity contribution in [2.24, 2.45) is 5.73 Å². The molecule has 0 aliphatic heterocycles. The van der Waals surface area contributed by atoms with E-state index in [0.717, 1.165) is 16.9 Å². The molecule has 0 atom stereocenters. The molecule has 0 fully saturated rings. The van der Waals surface area contributed by atoms with Gasteiger partial charge in [0, 0.05) is 13.6 Å². The average Bonchev–Trinajstić information content (AvgIpc) is 3.06. The van der Waals surface area contributed by atoms with Gasteiger partial charge in [0.25, 0.3) is 5.56 Å². The lowest BCUT2D eigenvalue weighted by Crippen LogP contribution is -2.16. The Bertz CT molecular complexity index is 901. The van der Waals surface area contributed by atoms with Gasteiger partial charge in [0.05, 0.1) is 20.8 Å². The molecular formula is C17H20N4O2S. The van der Waals surface area contributed by atoms with Crippen molar-refractivity contribution >= 4 is 33.5 Å². The number of benzene rings is 1. The summed E-state index contributed by atoms with van der Waals surface area (Å²) in [4.78, 5) is 32.6. The number of rotatable bonds is 4. The molecule has 6 nitrogen and oxygen atoms in total. The Labute approximate surface area is 144 Å². The number of carbonyl (C=O) groups is 1. The van der Waals surface area contributed by atoms with Gasteiger partial charge in [-0.1, -0.05) is 6.07 Å². The first-order valence-electron chi connectivity index (χ1n) is 7.40. The van der Waals surface area contributed by atoms with Crippen molar-refractivity contribution in [1.29, 1.82) is 0 Å². The zero-order valence-electron chi connectivity index (χ0n) is 13.9. The summed E-state index contributed by atoms with van der Waals surface area (Å²) in [5.41, 5.74) is 6.10. The summed E-state index contributed by atoms with van der Waals surface area (Å²) < 4.78 is 0. The number of thiophene rings is 1. The van der Waals surface area contributed by atoms with Gasteiger partial charge in [-0.15, -0.1) is 11.3 Å². The predicted molar refractivity (Wildman–Crippen MR) is 99.0 cm³/mol. The van der Waals surface area contributed by atoms with E-state index in [-0.39, 0.29) is 5.56 Å². The quantitative estimate of drug-likeness (QED) is 0.709. The molecule has 3 N–H and O–H groups in total. The van der Waals surface area contributed by atoms with Crippen LogP contribution in [0, 0.1) is 6.92 Å². The Balaban J connectivity index is 0.00000100. The maximum Gasteiger partial charge on any atom is 0.258 e. The number of hydrogen-bond donors (Lipinski definition) is 2. The van der Waals surface area contributed by atoms with Gasteiger partial charge in [-0.25, -0.2) is 4.98 Å². The Morgan fingerprint density at radius 1 is 1.29 bits per heavy atom. The largest absolute Gasteiger partial charge is 0.362 e. The second-order valence-corrected chi connectivity index (χ2v) is 6.25. The van der Waals surface area contributed by atoms with E-state index in [4.69, 9.17) is 0 Å². The number of nitrogens with zero attached hydrogens (tertiary/aromatic N) is 2. The number of aryl methyl sites for hydroxylation is 1. The van der Waals surface area contributed by atoms with E-state index in [1.807, 2.05) is 31.3 Å². The van der Waals surface area contributed by atoms with E-state index < -0.39 is 0 Å². The molecular weight excluding hydrogens is 324 g/mol. The van der Waals surface area contributed by atoms with Gasteiger partial charge in [0.2, 0.25) is 0 Å². The monoisotopic (exact) mass is 344 g/mol. The average molecular weight is 344 g/mol. The van der Waals surface area contributed by atoms with Crippen molar-refractivity contribution in [2.45, 2.75) is 13.5 Å². The number of aromatic nitrogens is 2. The van der Waals surface area contributed by atoms with Crippen molar-refractivity contribution in [1.82, 2.24) is 9.97 Å². The fourth-order valence-corrected chi connectivity index (χ4v) is 3.15. The maximum atomic E-state index is 12.0. The van der Waals surface area contributed by atoms with Crippen LogP contribution in [0.2, 0.25) is 0 Å². The molecule has 0 unspecified atom stereocenters. The number of anilines is 1. The Hall–Kier alpha value is -2.51. The number of fused-ring (bicyclic) bond motifs is 1. The predicted octanol–water partition coefficient (Wildman–Crippen LogP) is 2.32. The van der Waals surface area contributed by atoms with Gasteiger partial charge >= 0.3 is 0 Å². The van der Waals surface area contributed by atoms with Crippen molar-refractivity contribution in [3.63, 3.8) is 0 Å². The SMILES string of the molecule is CN.Cc1nc2ccc(CN(C)c3ccc(C=O)s3)cc2c(=O)[nH]1. The van der Waals surface area contributed by atoms with E-state index in [1.165, 1.54) is 18.4 Å². The molecule has 0 spiro atoms. The van der Waals surface area contributed by atoms with Crippen LogP contribution in [-0.4, -0.2) is 30.3 Å². The van der Waals surface area contributed by atoms with Gasteiger partial charge in [-0.2, -0.15) is 0 Å². The highest BCUT2D eigenvalue weighted by molar-refractivity contribution is 7.17. The van der Waals surface area contributed by atoms with Crippen LogP contribution in [0.5, 0.6) is 0 Å². The van der Waals surface area contributed by atoms with Gasteiger partial charge in [-0.3, -0.25) is 9.59 Å². The number of carbonyl (C=O) groups excluding carboxylic acids is 1. The van der Waals surface area contributed by atoms with E-state index in [0.29, 0.717) is 28.1 Å². The van der Waals surface area contributed by atoms with Crippen LogP contribution < -0.4 is 16.2 Å². The van der Waals surface area contributed by atoms with E-state index in [2.05, 4.69) is 20.6 Å². The lowest BCUT2D eigenvalue weighted by molar-refractivity contribution is 0.112. The van der Waals surface area contributed by atoms with Gasteiger partial charge in [-0.05, 0) is 43.8 Å². The molecule has 0 radical (unpaired) electrons. The molecule has 0 aliphatic carbocycles. The van der Waals surface area contributed by atoms with E-state index in [9.17, 15) is 9.59 Å². The standard InChI is InChI=1S/C16H15N3O2S.CH5N/c1-10-17-14-5-3-11(7-13(14)16(21)18-10)8-19(2)15-6-4-12(9-20)22-15;1-2/h3-7,9H,8H2,1-2H3,(H,17,18,21);2H2,1H3. The minimum atomic E-state index is -0.119. The molecule has 0 saturated heterocycles. The summed E-state index contributed by atoms with van der Waals surface area (Å²) in [5.74, 6) is 0.613. The van der Waals surface area contributed by atoms with Crippen molar-refractivity contribution in [2.75, 3.05) is 19.0 Å². The van der Waals surface area contributed by atoms with Gasteiger partial charge < -0.3 is 15.6 Å². The van der Waals surface area contributed by atoms with Crippen LogP contribution in [0.1, 0.15) is 21.1 Å². The summed E-state index contributed by atoms with van der Waals surface area (Å²) in [5, 5.41) is 1.61. The smallest absolute Gasteiger partial charge is 0.258 e. The normalized spacial score (nSPS) is 10.2. The molecule has 0 aliphatic rings. The first kappa shape index (κ1) is 17.8. The van der Waals surface area contributed by atoms with Crippen molar-refractivity contribution in [3.8, 4) is 0 Å². The van der Waals surface area contributed by atoms with Crippen LogP contribution in [-0.2, 0) is 6.54 Å². The van der Waals surface area contributed by atoms with Crippen LogP contribution in [0.25, 0.3) is 10.9 Å². The van der Waals surface area contributed by atoms with Crippen molar-refractivity contribution in [3.05, 3.63) is 57.0 Å². The second kappa shape index (κ2) is 7.85. The van der Waals surface area contributed by atoms with Gasteiger partial charge in [0.15, 0.2) is 6.29 Å². The number of H-pyrrole nitrogens is 1. The third-order valence-electron chi connectivity index (χ3n) is 3.41. The lowest BCUT2D eigenvalue weighted by atomic mass is 10.1. The molecule has 3 aromatic rings. The number of aldehydes is 1. The van der Waals surface area contributed by atoms with Crippen LogP contribution in [0.15, 0.2) is 35.1 Å². The molecule has 2 heterocycles. The molecule has 7 heteroatoms. The van der Waals surface area contributed by atoms with Crippen molar-refractivity contribution < 1.29 is 4.79 Å². The maximum absolute atomic E-state index is 12.0. The lowest BCUT2D eigenvalue weighted by Gasteiger charge is -2.17. The number of nitrogens with two attached hydrogens (primary N) is 1. The topological polar surface area (TPSA) is 92.1 Å². The third kappa shape index (κ3) is 3.87. The zero-order chi connectivity index (χ0) is 17.7. The molecule has 24 heavy (non-hydrogen) atoms. The highest BCUT2D eigenvalue weighted by atomic mass is 32.1. The second-order valence-electron chi connectivity index (χ2n) is 5.15. The number of hydrogen-bond acceptors (Lipinski definition) is 6. The fourth-order valence-electron chi connectivity index (χ4n) is 2.36. The molecule has 126 valence electrons. The summed E-state index contributed by atoms with van der Waals surface area (Å²) in [7, 11) is 3.46. The molecule has 0 amide bonds. The van der Waals surface area contributed by atoms with E-state index >= 15 is 0 Å². The fraction of sp³-hybridized carbons (Fsp3) is 0.235. The van der Waals surface area contributed by atoms with Crippen LogP contribution in [0.4, 0.5) is 5.00 Å². The summed E-state index contributed by atoms with van der Waals surface area (Å²) in [6.07, 6.45) is 0.853. The first-order chi connectivity index (χ1) is 11.6. The van der Waals surface area contributed by atoms with E-state index in [1.54, 1.807) is 13.0 Å². The minimum absolute atomic E-state index is 0.119. The Morgan fingerprint density at radius 2 is 2.04 bits per heavy atom. The summed E-state index contributed by atoms with van der Waals surface area (Å²) >= 11 is 1.45. The highest BCUT2D eigenvalue weighted by Crippen LogP contribution is 2.25. The van der Waals surface area contributed by atoms with Crippen LogP contribution in [0.3, 0.4) is 0 Å². The molecule has 3 rings (SSSR count). The Morgan fingerprint density at radius 3 is 2.71 bits per heavy atom. The summed E-state index contributed by atoms with van der Waals surface area (Å²) in [6.45, 7) is 2.42. The summed E-state index contributed by atoms with van der Waals surface area (Å²) in [6, 6.07) is 9.44. The number of nitrogens with one attached hydrogen (secondary N) is 1. The zero-order valence-corrected chi connectivity index (χ0v) is 14.7. The minimum Gasteiger partial charge on any atom is -0.362 e.